The van der Waals surface area contributed by atoms with Crippen LogP contribution in [0.5, 0.6) is 0 Å². The van der Waals surface area contributed by atoms with E-state index in [9.17, 15) is 8.42 Å². The highest BCUT2D eigenvalue weighted by Crippen LogP contribution is 2.25. The second-order valence-corrected chi connectivity index (χ2v) is 9.26. The fourth-order valence-corrected chi connectivity index (χ4v) is 5.07. The van der Waals surface area contributed by atoms with Gasteiger partial charge >= 0.3 is 0 Å². The molecular weight excluding hydrogens is 370 g/mol. The van der Waals surface area contributed by atoms with Crippen LogP contribution in [0.2, 0.25) is 0 Å². The molecular formula is C18H27N3O3S2. The van der Waals surface area contributed by atoms with Crippen molar-refractivity contribution >= 4 is 33.0 Å². The smallest absolute Gasteiger partial charge is 0.243 e. The van der Waals surface area contributed by atoms with Crippen LogP contribution < -0.4 is 10.6 Å². The molecule has 1 aromatic rings. The van der Waals surface area contributed by atoms with E-state index in [4.69, 9.17) is 17.0 Å². The van der Waals surface area contributed by atoms with Crippen LogP contribution in [0, 0.1) is 6.92 Å². The zero-order chi connectivity index (χ0) is 18.6. The molecule has 0 saturated carbocycles. The van der Waals surface area contributed by atoms with Crippen LogP contribution in [-0.2, 0) is 14.8 Å². The molecule has 2 heterocycles. The van der Waals surface area contributed by atoms with E-state index >= 15 is 0 Å². The quantitative estimate of drug-likeness (QED) is 0.745. The molecule has 2 N–H and O–H groups in total. The summed E-state index contributed by atoms with van der Waals surface area (Å²) in [5.74, 6) is 0. The highest BCUT2D eigenvalue weighted by Gasteiger charge is 2.26. The van der Waals surface area contributed by atoms with Gasteiger partial charge in [-0.2, -0.15) is 4.31 Å². The maximum absolute atomic E-state index is 12.9. The molecule has 3 rings (SSSR count). The maximum Gasteiger partial charge on any atom is 0.243 e. The van der Waals surface area contributed by atoms with Crippen LogP contribution >= 0.6 is 12.2 Å². The fraction of sp³-hybridized carbons (Fsp3) is 0.611. The van der Waals surface area contributed by atoms with Gasteiger partial charge in [-0.15, -0.1) is 0 Å². The van der Waals surface area contributed by atoms with Crippen molar-refractivity contribution in [2.24, 2.45) is 0 Å². The molecule has 144 valence electrons. The molecule has 2 aliphatic rings. The summed E-state index contributed by atoms with van der Waals surface area (Å²) in [4.78, 5) is 0.314. The fourth-order valence-electron chi connectivity index (χ4n) is 3.33. The van der Waals surface area contributed by atoms with Gasteiger partial charge in [0, 0.05) is 31.9 Å². The van der Waals surface area contributed by atoms with E-state index in [2.05, 4.69) is 10.6 Å². The van der Waals surface area contributed by atoms with Gasteiger partial charge in [-0.3, -0.25) is 0 Å². The minimum Gasteiger partial charge on any atom is -0.376 e. The number of nitrogens with one attached hydrogen (secondary N) is 2. The van der Waals surface area contributed by atoms with Crippen molar-refractivity contribution in [1.82, 2.24) is 9.62 Å². The number of thiocarbonyl (C=S) groups is 1. The van der Waals surface area contributed by atoms with Crippen LogP contribution in [0.4, 0.5) is 5.69 Å². The Hall–Kier alpha value is -1.22. The van der Waals surface area contributed by atoms with Crippen molar-refractivity contribution < 1.29 is 13.2 Å². The predicted molar refractivity (Wildman–Crippen MR) is 107 cm³/mol. The monoisotopic (exact) mass is 397 g/mol. The predicted octanol–water partition coefficient (Wildman–Crippen LogP) is 2.64. The van der Waals surface area contributed by atoms with Gasteiger partial charge in [-0.1, -0.05) is 12.5 Å². The standard InChI is InChI=1S/C18H27N3O3S2/c1-14-7-8-16(26(22,23)21-9-3-2-4-10-21)12-17(14)20-18(25)19-13-15-6-5-11-24-15/h7-8,12,15H,2-6,9-11,13H2,1H3,(H2,19,20,25)/t15-/m0/s1. The average molecular weight is 398 g/mol. The lowest BCUT2D eigenvalue weighted by Gasteiger charge is -2.26. The number of rotatable bonds is 5. The van der Waals surface area contributed by atoms with Crippen LogP contribution in [-0.4, -0.2) is 50.2 Å². The number of nitrogens with zero attached hydrogens (tertiary/aromatic N) is 1. The Kier molecular flexibility index (Phi) is 6.50. The third-order valence-corrected chi connectivity index (χ3v) is 7.07. The highest BCUT2D eigenvalue weighted by atomic mass is 32.2. The van der Waals surface area contributed by atoms with Crippen LogP contribution in [0.25, 0.3) is 0 Å². The molecule has 1 aromatic carbocycles. The summed E-state index contributed by atoms with van der Waals surface area (Å²) in [5, 5.41) is 6.77. The number of piperidine rings is 1. The van der Waals surface area contributed by atoms with Crippen LogP contribution in [0.3, 0.4) is 0 Å². The van der Waals surface area contributed by atoms with Gasteiger partial charge in [0.05, 0.1) is 11.0 Å². The van der Waals surface area contributed by atoms with E-state index in [1.807, 2.05) is 13.0 Å². The van der Waals surface area contributed by atoms with Gasteiger partial charge in [0.15, 0.2) is 5.11 Å². The molecule has 8 heteroatoms. The average Bonchev–Trinajstić information content (AvgIpc) is 3.16. The molecule has 0 aromatic heterocycles. The van der Waals surface area contributed by atoms with E-state index in [0.29, 0.717) is 35.3 Å². The summed E-state index contributed by atoms with van der Waals surface area (Å²) in [6.07, 6.45) is 5.26. The number of ether oxygens (including phenoxy) is 1. The van der Waals surface area contributed by atoms with Crippen molar-refractivity contribution in [3.05, 3.63) is 23.8 Å². The largest absolute Gasteiger partial charge is 0.376 e. The van der Waals surface area contributed by atoms with Crippen molar-refractivity contribution in [3.63, 3.8) is 0 Å². The first kappa shape index (κ1) is 19.5. The Morgan fingerprint density at radius 1 is 1.27 bits per heavy atom. The molecule has 1 atom stereocenters. The van der Waals surface area contributed by atoms with E-state index in [-0.39, 0.29) is 6.10 Å². The summed E-state index contributed by atoms with van der Waals surface area (Å²) < 4.78 is 32.9. The first-order valence-electron chi connectivity index (χ1n) is 9.24. The number of aryl methyl sites for hydroxylation is 1. The Bertz CT molecular complexity index is 740. The normalized spacial score (nSPS) is 21.5. The summed E-state index contributed by atoms with van der Waals surface area (Å²) in [6, 6.07) is 5.18. The van der Waals surface area contributed by atoms with Crippen molar-refractivity contribution in [3.8, 4) is 0 Å². The molecule has 0 unspecified atom stereocenters. The Morgan fingerprint density at radius 2 is 2.04 bits per heavy atom. The number of sulfonamides is 1. The van der Waals surface area contributed by atoms with E-state index in [1.165, 1.54) is 0 Å². The van der Waals surface area contributed by atoms with Crippen LogP contribution in [0.1, 0.15) is 37.7 Å². The minimum atomic E-state index is -3.45. The molecule has 0 amide bonds. The van der Waals surface area contributed by atoms with Gasteiger partial charge in [0.2, 0.25) is 10.0 Å². The summed E-state index contributed by atoms with van der Waals surface area (Å²) in [6.45, 7) is 4.60. The number of anilines is 1. The molecule has 2 aliphatic heterocycles. The lowest BCUT2D eigenvalue weighted by molar-refractivity contribution is 0.114. The molecule has 0 aliphatic carbocycles. The van der Waals surface area contributed by atoms with E-state index in [0.717, 1.165) is 44.3 Å². The van der Waals surface area contributed by atoms with Crippen molar-refractivity contribution in [1.29, 1.82) is 0 Å². The molecule has 2 saturated heterocycles. The lowest BCUT2D eigenvalue weighted by atomic mass is 10.2. The lowest BCUT2D eigenvalue weighted by Crippen LogP contribution is -2.36. The maximum atomic E-state index is 12.9. The van der Waals surface area contributed by atoms with Crippen LogP contribution in [0.15, 0.2) is 23.1 Å². The Balaban J connectivity index is 1.67. The van der Waals surface area contributed by atoms with E-state index < -0.39 is 10.0 Å². The number of hydrogen-bond donors (Lipinski definition) is 2. The van der Waals surface area contributed by atoms with Gasteiger partial charge in [-0.05, 0) is 62.5 Å². The summed E-state index contributed by atoms with van der Waals surface area (Å²) in [7, 11) is -3.45. The number of hydrogen-bond acceptors (Lipinski definition) is 4. The summed E-state index contributed by atoms with van der Waals surface area (Å²) >= 11 is 5.35. The van der Waals surface area contributed by atoms with E-state index in [1.54, 1.807) is 16.4 Å². The zero-order valence-corrected chi connectivity index (χ0v) is 16.8. The van der Waals surface area contributed by atoms with Gasteiger partial charge in [0.1, 0.15) is 0 Å². The number of benzene rings is 1. The Labute approximate surface area is 161 Å². The van der Waals surface area contributed by atoms with Crippen molar-refractivity contribution in [2.75, 3.05) is 31.6 Å². The third-order valence-electron chi connectivity index (χ3n) is 4.92. The minimum absolute atomic E-state index is 0.196. The molecule has 0 bridgehead atoms. The molecule has 0 spiro atoms. The second-order valence-electron chi connectivity index (χ2n) is 6.91. The van der Waals surface area contributed by atoms with Gasteiger partial charge in [0.25, 0.3) is 0 Å². The molecule has 2 fully saturated rings. The first-order valence-corrected chi connectivity index (χ1v) is 11.1. The molecule has 0 radical (unpaired) electrons. The summed E-state index contributed by atoms with van der Waals surface area (Å²) in [5.41, 5.74) is 1.66. The highest BCUT2D eigenvalue weighted by molar-refractivity contribution is 7.89. The molecule has 26 heavy (non-hydrogen) atoms. The van der Waals surface area contributed by atoms with Crippen molar-refractivity contribution in [2.45, 2.75) is 50.0 Å². The van der Waals surface area contributed by atoms with Gasteiger partial charge < -0.3 is 15.4 Å². The SMILES string of the molecule is Cc1ccc(S(=O)(=O)N2CCCCC2)cc1NC(=S)NC[C@@H]1CCCO1. The zero-order valence-electron chi connectivity index (χ0n) is 15.2. The topological polar surface area (TPSA) is 70.7 Å². The Morgan fingerprint density at radius 3 is 2.73 bits per heavy atom. The second kappa shape index (κ2) is 8.65. The van der Waals surface area contributed by atoms with Gasteiger partial charge in [-0.25, -0.2) is 8.42 Å². The third kappa shape index (κ3) is 4.73. The molecule has 6 nitrogen and oxygen atoms in total. The first-order chi connectivity index (χ1) is 12.5.